The van der Waals surface area contributed by atoms with E-state index in [0.29, 0.717) is 6.54 Å². The van der Waals surface area contributed by atoms with E-state index < -0.39 is 0 Å². The third-order valence-corrected chi connectivity index (χ3v) is 4.80. The summed E-state index contributed by atoms with van der Waals surface area (Å²) < 4.78 is 8.76. The highest BCUT2D eigenvalue weighted by molar-refractivity contribution is 9.10. The van der Waals surface area contributed by atoms with E-state index in [-0.39, 0.29) is 0 Å². The highest BCUT2D eigenvalue weighted by atomic mass is 79.9. The first-order valence-electron chi connectivity index (χ1n) is 6.20. The van der Waals surface area contributed by atoms with Crippen LogP contribution in [0.5, 0.6) is 5.75 Å². The molecule has 0 radical (unpaired) electrons. The van der Waals surface area contributed by atoms with Crippen molar-refractivity contribution in [2.45, 2.75) is 26.8 Å². The molecule has 0 amide bonds. The van der Waals surface area contributed by atoms with Gasteiger partial charge in [0.1, 0.15) is 5.75 Å². The number of hydrogen-bond acceptors (Lipinski definition) is 2. The maximum absolute atomic E-state index is 6.18. The fourth-order valence-electron chi connectivity index (χ4n) is 2.45. The van der Waals surface area contributed by atoms with Gasteiger partial charge >= 0.3 is 0 Å². The van der Waals surface area contributed by atoms with Crippen LogP contribution in [0, 0.1) is 13.8 Å². The van der Waals surface area contributed by atoms with Crippen molar-refractivity contribution in [3.63, 3.8) is 0 Å². The molecule has 3 nitrogen and oxygen atoms in total. The van der Waals surface area contributed by atoms with Gasteiger partial charge in [-0.3, -0.25) is 4.68 Å². The first kappa shape index (κ1) is 13.0. The van der Waals surface area contributed by atoms with Crippen LogP contribution in [0.15, 0.2) is 16.6 Å². The molecule has 0 spiro atoms. The Morgan fingerprint density at radius 3 is 2.89 bits per heavy atom. The van der Waals surface area contributed by atoms with E-state index in [1.54, 1.807) is 0 Å². The van der Waals surface area contributed by atoms with Gasteiger partial charge in [0.05, 0.1) is 29.0 Å². The summed E-state index contributed by atoms with van der Waals surface area (Å²) in [6.07, 6.45) is 0.934. The number of fused-ring (bicyclic) bond motifs is 1. The van der Waals surface area contributed by atoms with Gasteiger partial charge in [0.2, 0.25) is 0 Å². The van der Waals surface area contributed by atoms with E-state index in [2.05, 4.69) is 28.0 Å². The van der Waals surface area contributed by atoms with Crippen LogP contribution in [0.25, 0.3) is 0 Å². The van der Waals surface area contributed by atoms with Crippen LogP contribution in [0.4, 0.5) is 0 Å². The monoisotopic (exact) mass is 340 g/mol. The largest absolute Gasteiger partial charge is 0.493 e. The van der Waals surface area contributed by atoms with Crippen molar-refractivity contribution in [3.8, 4) is 5.75 Å². The number of rotatable bonds is 2. The van der Waals surface area contributed by atoms with Gasteiger partial charge in [-0.25, -0.2) is 0 Å². The minimum atomic E-state index is 0.682. The number of halogens is 2. The van der Waals surface area contributed by atoms with Gasteiger partial charge in [-0.15, -0.1) is 0 Å². The third-order valence-electron chi connectivity index (χ3n) is 3.44. The van der Waals surface area contributed by atoms with Crippen molar-refractivity contribution in [2.75, 3.05) is 6.61 Å². The molecule has 19 heavy (non-hydrogen) atoms. The Balaban J connectivity index is 2.02. The Labute approximate surface area is 125 Å². The molecular formula is C14H14BrClN2O. The maximum atomic E-state index is 6.18. The molecule has 1 aliphatic rings. The van der Waals surface area contributed by atoms with Gasteiger partial charge in [-0.2, -0.15) is 5.10 Å². The van der Waals surface area contributed by atoms with E-state index in [9.17, 15) is 0 Å². The number of ether oxygens (including phenoxy) is 1. The number of aromatic nitrogens is 2. The third kappa shape index (κ3) is 2.28. The zero-order valence-electron chi connectivity index (χ0n) is 10.8. The van der Waals surface area contributed by atoms with Gasteiger partial charge in [0.15, 0.2) is 0 Å². The summed E-state index contributed by atoms with van der Waals surface area (Å²) in [5.41, 5.74) is 4.41. The second-order valence-corrected chi connectivity index (χ2v) is 6.02. The predicted octanol–water partition coefficient (Wildman–Crippen LogP) is 3.90. The zero-order valence-corrected chi connectivity index (χ0v) is 13.2. The van der Waals surface area contributed by atoms with Crippen LogP contribution >= 0.6 is 27.5 Å². The van der Waals surface area contributed by atoms with E-state index in [1.807, 2.05) is 23.7 Å². The SMILES string of the molecule is Cc1nn(Cc2cc(Cl)cc3c2OCC3)c(C)c1Br. The van der Waals surface area contributed by atoms with E-state index in [1.165, 1.54) is 5.56 Å². The van der Waals surface area contributed by atoms with Crippen molar-refractivity contribution in [1.82, 2.24) is 9.78 Å². The maximum Gasteiger partial charge on any atom is 0.127 e. The molecule has 0 saturated heterocycles. The van der Waals surface area contributed by atoms with Gasteiger partial charge < -0.3 is 4.74 Å². The van der Waals surface area contributed by atoms with Gasteiger partial charge in [0.25, 0.3) is 0 Å². The summed E-state index contributed by atoms with van der Waals surface area (Å²) >= 11 is 9.73. The number of hydrogen-bond donors (Lipinski definition) is 0. The molecule has 0 atom stereocenters. The summed E-state index contributed by atoms with van der Waals surface area (Å²) in [5.74, 6) is 0.980. The van der Waals surface area contributed by atoms with Crippen LogP contribution in [-0.2, 0) is 13.0 Å². The molecule has 0 saturated carbocycles. The molecular weight excluding hydrogens is 328 g/mol. The number of aryl methyl sites for hydroxylation is 1. The molecule has 1 aromatic carbocycles. The molecule has 0 bridgehead atoms. The summed E-state index contributed by atoms with van der Waals surface area (Å²) in [7, 11) is 0. The fraction of sp³-hybridized carbons (Fsp3) is 0.357. The minimum Gasteiger partial charge on any atom is -0.493 e. The Hall–Kier alpha value is -1.00. The lowest BCUT2D eigenvalue weighted by molar-refractivity contribution is 0.352. The van der Waals surface area contributed by atoms with Gasteiger partial charge in [-0.05, 0) is 47.5 Å². The van der Waals surface area contributed by atoms with Crippen LogP contribution in [0.3, 0.4) is 0 Å². The smallest absolute Gasteiger partial charge is 0.127 e. The summed E-state index contributed by atoms with van der Waals surface area (Å²) in [5, 5.41) is 5.30. The van der Waals surface area contributed by atoms with Crippen molar-refractivity contribution in [3.05, 3.63) is 44.1 Å². The lowest BCUT2D eigenvalue weighted by Gasteiger charge is -2.10. The fourth-order valence-corrected chi connectivity index (χ4v) is 3.00. The molecule has 3 rings (SSSR count). The molecule has 1 aromatic heterocycles. The Morgan fingerprint density at radius 2 is 2.21 bits per heavy atom. The molecule has 5 heteroatoms. The molecule has 2 aromatic rings. The number of benzene rings is 1. The van der Waals surface area contributed by atoms with Crippen molar-refractivity contribution in [2.24, 2.45) is 0 Å². The molecule has 100 valence electrons. The number of nitrogens with zero attached hydrogens (tertiary/aromatic N) is 2. The second kappa shape index (κ2) is 4.84. The molecule has 0 aliphatic carbocycles. The lowest BCUT2D eigenvalue weighted by atomic mass is 10.1. The van der Waals surface area contributed by atoms with Crippen molar-refractivity contribution >= 4 is 27.5 Å². The van der Waals surface area contributed by atoms with Crippen LogP contribution in [0.1, 0.15) is 22.5 Å². The predicted molar refractivity (Wildman–Crippen MR) is 79.2 cm³/mol. The summed E-state index contributed by atoms with van der Waals surface area (Å²) in [6, 6.07) is 3.96. The minimum absolute atomic E-state index is 0.682. The summed E-state index contributed by atoms with van der Waals surface area (Å²) in [6.45, 7) is 5.47. The van der Waals surface area contributed by atoms with Gasteiger partial charge in [-0.1, -0.05) is 11.6 Å². The molecule has 0 unspecified atom stereocenters. The summed E-state index contributed by atoms with van der Waals surface area (Å²) in [4.78, 5) is 0. The average molecular weight is 342 g/mol. The molecule has 0 N–H and O–H groups in total. The normalized spacial score (nSPS) is 13.5. The molecule has 2 heterocycles. The molecule has 1 aliphatic heterocycles. The first-order valence-corrected chi connectivity index (χ1v) is 7.37. The Kier molecular flexibility index (Phi) is 3.31. The van der Waals surface area contributed by atoms with Crippen molar-refractivity contribution in [1.29, 1.82) is 0 Å². The van der Waals surface area contributed by atoms with Crippen molar-refractivity contribution < 1.29 is 4.74 Å². The van der Waals surface area contributed by atoms with Crippen LogP contribution in [0.2, 0.25) is 5.02 Å². The van der Waals surface area contributed by atoms with Gasteiger partial charge in [0, 0.05) is 17.0 Å². The standard InChI is InChI=1S/C14H14BrClN2O/c1-8-13(15)9(2)18(17-8)7-11-6-12(16)5-10-3-4-19-14(10)11/h5-6H,3-4,7H2,1-2H3. The van der Waals surface area contributed by atoms with Crippen LogP contribution < -0.4 is 4.74 Å². The second-order valence-electron chi connectivity index (χ2n) is 4.79. The van der Waals surface area contributed by atoms with Crippen LogP contribution in [-0.4, -0.2) is 16.4 Å². The zero-order chi connectivity index (χ0) is 13.6. The molecule has 0 fully saturated rings. The van der Waals surface area contributed by atoms with E-state index in [4.69, 9.17) is 16.3 Å². The Morgan fingerprint density at radius 1 is 1.42 bits per heavy atom. The highest BCUT2D eigenvalue weighted by Crippen LogP contribution is 2.33. The highest BCUT2D eigenvalue weighted by Gasteiger charge is 2.19. The lowest BCUT2D eigenvalue weighted by Crippen LogP contribution is -2.05. The first-order chi connectivity index (χ1) is 9.06. The topological polar surface area (TPSA) is 27.1 Å². The van der Waals surface area contributed by atoms with E-state index in [0.717, 1.165) is 45.2 Å². The average Bonchev–Trinajstić information content (AvgIpc) is 2.91. The van der Waals surface area contributed by atoms with E-state index >= 15 is 0 Å². The Bertz CT molecular complexity index is 651. The quantitative estimate of drug-likeness (QED) is 0.828.